The van der Waals surface area contributed by atoms with Gasteiger partial charge in [0, 0.05) is 38.1 Å². The van der Waals surface area contributed by atoms with Gasteiger partial charge in [-0.1, -0.05) is 19.6 Å². The van der Waals surface area contributed by atoms with Crippen molar-refractivity contribution in [3.63, 3.8) is 0 Å². The van der Waals surface area contributed by atoms with E-state index in [2.05, 4.69) is 24.7 Å². The summed E-state index contributed by atoms with van der Waals surface area (Å²) in [5.41, 5.74) is 1.30. The Hall–Kier alpha value is -1.66. The summed E-state index contributed by atoms with van der Waals surface area (Å²) in [4.78, 5) is 0. The molecule has 4 nitrogen and oxygen atoms in total. The number of aromatic nitrogens is 2. The second-order valence-electron chi connectivity index (χ2n) is 6.28. The molecule has 0 atom stereocenters. The molecular formula is C15H21FN2O2Si. The maximum Gasteiger partial charge on any atom is 0.139 e. The molecule has 2 rings (SSSR count). The fourth-order valence-corrected chi connectivity index (χ4v) is 2.62. The number of aromatic hydroxyl groups is 1. The number of phenolic OH excluding ortho intramolecular Hbond substituents is 1. The Morgan fingerprint density at radius 1 is 1.33 bits per heavy atom. The van der Waals surface area contributed by atoms with Crippen LogP contribution in [0.1, 0.15) is 0 Å². The smallest absolute Gasteiger partial charge is 0.139 e. The summed E-state index contributed by atoms with van der Waals surface area (Å²) in [6.45, 7) is 8.03. The molecule has 0 unspecified atom stereocenters. The third kappa shape index (κ3) is 4.68. The van der Waals surface area contributed by atoms with Crippen molar-refractivity contribution in [1.82, 2.24) is 9.78 Å². The van der Waals surface area contributed by atoms with Gasteiger partial charge >= 0.3 is 0 Å². The maximum atomic E-state index is 13.0. The average Bonchev–Trinajstić information content (AvgIpc) is 2.82. The van der Waals surface area contributed by atoms with Crippen LogP contribution in [0.4, 0.5) is 4.39 Å². The van der Waals surface area contributed by atoms with Gasteiger partial charge in [-0.3, -0.25) is 0 Å². The lowest BCUT2D eigenvalue weighted by atomic mass is 10.1. The molecule has 2 aromatic rings. The van der Waals surface area contributed by atoms with E-state index in [0.717, 1.165) is 24.3 Å². The highest BCUT2D eigenvalue weighted by molar-refractivity contribution is 6.76. The largest absolute Gasteiger partial charge is 0.507 e. The van der Waals surface area contributed by atoms with Gasteiger partial charge in [0.05, 0.1) is 6.20 Å². The molecular weight excluding hydrogens is 287 g/mol. The summed E-state index contributed by atoms with van der Waals surface area (Å²) < 4.78 is 20.2. The van der Waals surface area contributed by atoms with Crippen molar-refractivity contribution < 1.29 is 14.2 Å². The van der Waals surface area contributed by atoms with E-state index in [1.54, 1.807) is 17.1 Å². The average molecular weight is 308 g/mol. The number of phenols is 1. The summed E-state index contributed by atoms with van der Waals surface area (Å²) in [6.07, 6.45) is 3.41. The first-order valence-electron chi connectivity index (χ1n) is 6.94. The molecule has 0 fully saturated rings. The lowest BCUT2D eigenvalue weighted by Gasteiger charge is -2.15. The van der Waals surface area contributed by atoms with E-state index < -0.39 is 13.9 Å². The predicted octanol–water partition coefficient (Wildman–Crippen LogP) is 3.71. The van der Waals surface area contributed by atoms with Crippen LogP contribution in [0.3, 0.4) is 0 Å². The Morgan fingerprint density at radius 3 is 2.76 bits per heavy atom. The van der Waals surface area contributed by atoms with Gasteiger partial charge in [-0.25, -0.2) is 9.07 Å². The van der Waals surface area contributed by atoms with E-state index in [9.17, 15) is 9.50 Å². The molecule has 0 radical (unpaired) electrons. The minimum atomic E-state index is -1.08. The van der Waals surface area contributed by atoms with Crippen LogP contribution >= 0.6 is 0 Å². The first-order valence-corrected chi connectivity index (χ1v) is 10.6. The Balaban J connectivity index is 1.95. The van der Waals surface area contributed by atoms with E-state index in [-0.39, 0.29) is 5.75 Å². The molecule has 114 valence electrons. The zero-order chi connectivity index (χ0) is 15.5. The molecule has 0 saturated carbocycles. The number of benzene rings is 1. The summed E-state index contributed by atoms with van der Waals surface area (Å²) >= 11 is 0. The van der Waals surface area contributed by atoms with Crippen molar-refractivity contribution in [2.75, 3.05) is 6.61 Å². The number of rotatable bonds is 6. The molecule has 21 heavy (non-hydrogen) atoms. The van der Waals surface area contributed by atoms with Crippen molar-refractivity contribution >= 4 is 8.07 Å². The van der Waals surface area contributed by atoms with Gasteiger partial charge in [-0.15, -0.1) is 0 Å². The van der Waals surface area contributed by atoms with Crippen molar-refractivity contribution in [3.05, 3.63) is 36.4 Å². The lowest BCUT2D eigenvalue weighted by Crippen LogP contribution is -2.22. The highest BCUT2D eigenvalue weighted by Crippen LogP contribution is 2.29. The zero-order valence-electron chi connectivity index (χ0n) is 12.6. The molecule has 0 bridgehead atoms. The normalized spacial score (nSPS) is 11.8. The van der Waals surface area contributed by atoms with E-state index in [4.69, 9.17) is 4.74 Å². The van der Waals surface area contributed by atoms with Crippen LogP contribution in [0.5, 0.6) is 5.75 Å². The maximum absolute atomic E-state index is 13.0. The van der Waals surface area contributed by atoms with Crippen LogP contribution in [0.25, 0.3) is 11.1 Å². The summed E-state index contributed by atoms with van der Waals surface area (Å²) in [5.74, 6) is -0.549. The lowest BCUT2D eigenvalue weighted by molar-refractivity contribution is 0.0786. The fourth-order valence-electron chi connectivity index (χ4n) is 1.86. The first kappa shape index (κ1) is 15.7. The van der Waals surface area contributed by atoms with E-state index in [0.29, 0.717) is 12.3 Å². The molecule has 1 aromatic heterocycles. The van der Waals surface area contributed by atoms with Gasteiger partial charge in [0.2, 0.25) is 0 Å². The Kier molecular flexibility index (Phi) is 4.79. The number of ether oxygens (including phenoxy) is 1. The molecule has 0 aliphatic rings. The summed E-state index contributed by atoms with van der Waals surface area (Å²) in [6, 6.07) is 5.06. The quantitative estimate of drug-likeness (QED) is 0.654. The van der Waals surface area contributed by atoms with Crippen LogP contribution in [0.2, 0.25) is 25.7 Å². The monoisotopic (exact) mass is 308 g/mol. The van der Waals surface area contributed by atoms with E-state index in [1.165, 1.54) is 12.1 Å². The minimum absolute atomic E-state index is 0.0887. The number of halogens is 1. The van der Waals surface area contributed by atoms with Crippen LogP contribution < -0.4 is 0 Å². The SMILES string of the molecule is C[Si](C)(C)CCOCn1cc(-c2ccc(F)cc2O)cn1. The van der Waals surface area contributed by atoms with Gasteiger partial charge in [-0.05, 0) is 18.2 Å². The van der Waals surface area contributed by atoms with Gasteiger partial charge in [-0.2, -0.15) is 5.10 Å². The fraction of sp³-hybridized carbons (Fsp3) is 0.400. The second-order valence-corrected chi connectivity index (χ2v) is 11.9. The minimum Gasteiger partial charge on any atom is -0.507 e. The first-order chi connectivity index (χ1) is 9.85. The zero-order valence-corrected chi connectivity index (χ0v) is 13.6. The molecule has 6 heteroatoms. The Bertz CT molecular complexity index is 608. The molecule has 1 heterocycles. The van der Waals surface area contributed by atoms with Crippen LogP contribution in [0, 0.1) is 5.82 Å². The van der Waals surface area contributed by atoms with Crippen molar-refractivity contribution in [2.45, 2.75) is 32.4 Å². The molecule has 0 amide bonds. The van der Waals surface area contributed by atoms with Crippen LogP contribution in [0.15, 0.2) is 30.6 Å². The van der Waals surface area contributed by atoms with Crippen LogP contribution in [-0.2, 0) is 11.5 Å². The van der Waals surface area contributed by atoms with Crippen molar-refractivity contribution in [2.24, 2.45) is 0 Å². The standard InChI is InChI=1S/C15H21FN2O2Si/c1-21(2,3)7-6-20-11-18-10-12(9-17-18)14-5-4-13(16)8-15(14)19/h4-5,8-10,19H,6-7,11H2,1-3H3. The molecule has 1 aromatic carbocycles. The van der Waals surface area contributed by atoms with Crippen LogP contribution in [-0.4, -0.2) is 29.6 Å². The van der Waals surface area contributed by atoms with E-state index in [1.807, 2.05) is 0 Å². The van der Waals surface area contributed by atoms with Crippen molar-refractivity contribution in [3.8, 4) is 16.9 Å². The van der Waals surface area contributed by atoms with Crippen molar-refractivity contribution in [1.29, 1.82) is 0 Å². The molecule has 0 aliphatic heterocycles. The number of nitrogens with zero attached hydrogens (tertiary/aromatic N) is 2. The second kappa shape index (κ2) is 6.40. The van der Waals surface area contributed by atoms with Gasteiger partial charge in [0.15, 0.2) is 0 Å². The third-order valence-corrected chi connectivity index (χ3v) is 4.83. The highest BCUT2D eigenvalue weighted by Gasteiger charge is 2.12. The van der Waals surface area contributed by atoms with Gasteiger partial charge in [0.1, 0.15) is 18.3 Å². The molecule has 0 aliphatic carbocycles. The molecule has 0 spiro atoms. The molecule has 1 N–H and O–H groups in total. The summed E-state index contributed by atoms with van der Waals surface area (Å²) in [5, 5.41) is 13.9. The van der Waals surface area contributed by atoms with E-state index >= 15 is 0 Å². The number of hydrogen-bond acceptors (Lipinski definition) is 3. The Morgan fingerprint density at radius 2 is 2.10 bits per heavy atom. The van der Waals surface area contributed by atoms with Gasteiger partial charge < -0.3 is 9.84 Å². The predicted molar refractivity (Wildman–Crippen MR) is 83.4 cm³/mol. The highest BCUT2D eigenvalue weighted by atomic mass is 28.3. The topological polar surface area (TPSA) is 47.3 Å². The Labute approximate surface area is 125 Å². The molecule has 0 saturated heterocycles. The summed E-state index contributed by atoms with van der Waals surface area (Å²) in [7, 11) is -1.08. The van der Waals surface area contributed by atoms with Gasteiger partial charge in [0.25, 0.3) is 0 Å². The number of hydrogen-bond donors (Lipinski definition) is 1. The third-order valence-electron chi connectivity index (χ3n) is 3.12.